The number of halogens is 1. The molecule has 0 bridgehead atoms. The van der Waals surface area contributed by atoms with E-state index < -0.39 is 29.5 Å². The number of anilines is 1. The van der Waals surface area contributed by atoms with E-state index in [0.29, 0.717) is 42.2 Å². The van der Waals surface area contributed by atoms with E-state index in [9.17, 15) is 19.5 Å². The smallest absolute Gasteiger partial charge is 0.338 e. The van der Waals surface area contributed by atoms with Crippen molar-refractivity contribution >= 4 is 40.7 Å². The van der Waals surface area contributed by atoms with Crippen LogP contribution in [0.2, 0.25) is 5.02 Å². The first-order valence-electron chi connectivity index (χ1n) is 11.9. The maximum Gasteiger partial charge on any atom is 0.338 e. The fourth-order valence-corrected chi connectivity index (χ4v) is 4.38. The number of hydrogen-bond acceptors (Lipinski definition) is 6. The molecule has 4 rings (SSSR count). The molecule has 3 aromatic carbocycles. The van der Waals surface area contributed by atoms with Crippen LogP contribution in [0, 0.1) is 0 Å². The average Bonchev–Trinajstić information content (AvgIpc) is 3.18. The van der Waals surface area contributed by atoms with E-state index in [2.05, 4.69) is 0 Å². The van der Waals surface area contributed by atoms with Crippen molar-refractivity contribution in [1.29, 1.82) is 0 Å². The van der Waals surface area contributed by atoms with Crippen molar-refractivity contribution in [2.24, 2.45) is 0 Å². The summed E-state index contributed by atoms with van der Waals surface area (Å²) in [6.45, 7) is 4.43. The number of Topliss-reactive ketones (excluding diaryl/α,β-unsaturated/α-hetero) is 1. The number of ketones is 1. The summed E-state index contributed by atoms with van der Waals surface area (Å²) in [6.07, 6.45) is 0.697. The number of amides is 1. The second-order valence-electron chi connectivity index (χ2n) is 8.34. The van der Waals surface area contributed by atoms with Gasteiger partial charge in [0.15, 0.2) is 0 Å². The fraction of sp³-hybridized carbons (Fsp3) is 0.207. The number of esters is 1. The van der Waals surface area contributed by atoms with E-state index in [1.807, 2.05) is 19.9 Å². The van der Waals surface area contributed by atoms with E-state index in [1.165, 1.54) is 23.1 Å². The molecule has 8 heteroatoms. The molecule has 0 spiro atoms. The lowest BCUT2D eigenvalue weighted by Gasteiger charge is -2.25. The number of carbonyl (C=O) groups excluding carboxylic acids is 3. The van der Waals surface area contributed by atoms with Crippen LogP contribution in [0.5, 0.6) is 5.75 Å². The standard InChI is InChI=1S/C29H26ClNO6/c1-3-16-37-29(35)19-10-12-20(13-11-19)31-25(18-8-6-5-7-9-18)24(27(33)28(31)34)26(32)22-17-21(36-4-2)14-15-23(22)30/h5-15,17,25,32H,3-4,16H2,1-2H3/b26-24+. The molecular weight excluding hydrogens is 494 g/mol. The molecule has 0 saturated carbocycles. The highest BCUT2D eigenvalue weighted by atomic mass is 35.5. The van der Waals surface area contributed by atoms with Crippen LogP contribution in [0.3, 0.4) is 0 Å². The minimum Gasteiger partial charge on any atom is -0.507 e. The lowest BCUT2D eigenvalue weighted by Crippen LogP contribution is -2.29. The Labute approximate surface area is 219 Å². The van der Waals surface area contributed by atoms with Crippen molar-refractivity contribution in [2.45, 2.75) is 26.3 Å². The minimum atomic E-state index is -0.925. The van der Waals surface area contributed by atoms with Gasteiger partial charge < -0.3 is 14.6 Å². The highest BCUT2D eigenvalue weighted by molar-refractivity contribution is 6.52. The summed E-state index contributed by atoms with van der Waals surface area (Å²) in [6, 6.07) is 19.0. The molecule has 37 heavy (non-hydrogen) atoms. The quantitative estimate of drug-likeness (QED) is 0.171. The third-order valence-corrected chi connectivity index (χ3v) is 6.21. The van der Waals surface area contributed by atoms with Crippen molar-refractivity contribution in [3.8, 4) is 5.75 Å². The predicted molar refractivity (Wildman–Crippen MR) is 141 cm³/mol. The van der Waals surface area contributed by atoms with Crippen LogP contribution in [-0.2, 0) is 14.3 Å². The first kappa shape index (κ1) is 26.0. The van der Waals surface area contributed by atoms with Crippen molar-refractivity contribution in [3.63, 3.8) is 0 Å². The summed E-state index contributed by atoms with van der Waals surface area (Å²) >= 11 is 6.38. The van der Waals surface area contributed by atoms with E-state index in [4.69, 9.17) is 21.1 Å². The topological polar surface area (TPSA) is 93.1 Å². The largest absolute Gasteiger partial charge is 0.507 e. The second-order valence-corrected chi connectivity index (χ2v) is 8.74. The van der Waals surface area contributed by atoms with Gasteiger partial charge in [0.25, 0.3) is 11.7 Å². The number of nitrogens with zero attached hydrogens (tertiary/aromatic N) is 1. The Morgan fingerprint density at radius 1 is 1.00 bits per heavy atom. The Kier molecular flexibility index (Phi) is 7.94. The van der Waals surface area contributed by atoms with Gasteiger partial charge in [-0.3, -0.25) is 14.5 Å². The highest BCUT2D eigenvalue weighted by Gasteiger charge is 2.47. The Hall–Kier alpha value is -4.10. The number of aliphatic hydroxyl groups is 1. The zero-order valence-corrected chi connectivity index (χ0v) is 21.2. The summed E-state index contributed by atoms with van der Waals surface area (Å²) < 4.78 is 10.7. The lowest BCUT2D eigenvalue weighted by molar-refractivity contribution is -0.132. The highest BCUT2D eigenvalue weighted by Crippen LogP contribution is 2.43. The number of ether oxygens (including phenoxy) is 2. The van der Waals surface area contributed by atoms with Crippen LogP contribution < -0.4 is 9.64 Å². The van der Waals surface area contributed by atoms with Gasteiger partial charge in [0.1, 0.15) is 11.5 Å². The lowest BCUT2D eigenvalue weighted by atomic mass is 9.95. The molecule has 1 aliphatic heterocycles. The summed E-state index contributed by atoms with van der Waals surface area (Å²) in [7, 11) is 0. The summed E-state index contributed by atoms with van der Waals surface area (Å²) in [5, 5.41) is 11.6. The van der Waals surface area contributed by atoms with Crippen LogP contribution in [-0.4, -0.2) is 36.0 Å². The van der Waals surface area contributed by atoms with Crippen LogP contribution >= 0.6 is 11.6 Å². The van der Waals surface area contributed by atoms with Crippen molar-refractivity contribution in [1.82, 2.24) is 0 Å². The summed E-state index contributed by atoms with van der Waals surface area (Å²) in [4.78, 5) is 40.2. The normalized spacial score (nSPS) is 16.6. The molecule has 0 radical (unpaired) electrons. The van der Waals surface area contributed by atoms with Crippen LogP contribution in [0.1, 0.15) is 47.8 Å². The Balaban J connectivity index is 1.83. The summed E-state index contributed by atoms with van der Waals surface area (Å²) in [5.41, 5.74) is 1.41. The molecule has 1 N–H and O–H groups in total. The molecular formula is C29H26ClNO6. The molecule has 1 fully saturated rings. The molecule has 0 aromatic heterocycles. The van der Waals surface area contributed by atoms with E-state index in [-0.39, 0.29) is 16.2 Å². The average molecular weight is 520 g/mol. The number of hydrogen-bond donors (Lipinski definition) is 1. The third-order valence-electron chi connectivity index (χ3n) is 5.88. The van der Waals surface area contributed by atoms with Gasteiger partial charge in [-0.05, 0) is 61.4 Å². The molecule has 7 nitrogen and oxygen atoms in total. The minimum absolute atomic E-state index is 0.0989. The van der Waals surface area contributed by atoms with Gasteiger partial charge in [-0.1, -0.05) is 48.9 Å². The van der Waals surface area contributed by atoms with Crippen LogP contribution in [0.15, 0.2) is 78.4 Å². The van der Waals surface area contributed by atoms with Crippen LogP contribution in [0.4, 0.5) is 5.69 Å². The van der Waals surface area contributed by atoms with E-state index in [0.717, 1.165) is 0 Å². The maximum absolute atomic E-state index is 13.3. The van der Waals surface area contributed by atoms with Crippen LogP contribution in [0.25, 0.3) is 5.76 Å². The van der Waals surface area contributed by atoms with Crippen molar-refractivity contribution in [2.75, 3.05) is 18.1 Å². The summed E-state index contributed by atoms with van der Waals surface area (Å²) in [5.74, 6) is -2.08. The van der Waals surface area contributed by atoms with Crippen molar-refractivity contribution < 1.29 is 29.0 Å². The van der Waals surface area contributed by atoms with Gasteiger partial charge in [0.05, 0.1) is 35.4 Å². The zero-order chi connectivity index (χ0) is 26.5. The number of rotatable bonds is 8. The Bertz CT molecular complexity index is 1350. The molecule has 1 unspecified atom stereocenters. The molecule has 190 valence electrons. The third kappa shape index (κ3) is 5.22. The van der Waals surface area contributed by atoms with Gasteiger partial charge in [0, 0.05) is 11.3 Å². The van der Waals surface area contributed by atoms with Gasteiger partial charge in [-0.2, -0.15) is 0 Å². The molecule has 3 aromatic rings. The van der Waals surface area contributed by atoms with Gasteiger partial charge in [-0.25, -0.2) is 4.79 Å². The van der Waals surface area contributed by atoms with Gasteiger partial charge in [-0.15, -0.1) is 0 Å². The first-order valence-corrected chi connectivity index (χ1v) is 12.3. The van der Waals surface area contributed by atoms with E-state index >= 15 is 0 Å². The van der Waals surface area contributed by atoms with Crippen molar-refractivity contribution in [3.05, 3.63) is 100 Å². The number of aliphatic hydroxyl groups excluding tert-OH is 1. The van der Waals surface area contributed by atoms with Gasteiger partial charge >= 0.3 is 5.97 Å². The zero-order valence-electron chi connectivity index (χ0n) is 20.4. The number of benzene rings is 3. The molecule has 1 heterocycles. The molecule has 1 atom stereocenters. The molecule has 1 aliphatic rings. The predicted octanol–water partition coefficient (Wildman–Crippen LogP) is 5.93. The SMILES string of the molecule is CCCOC(=O)c1ccc(N2C(=O)C(=O)/C(=C(/O)c3cc(OCC)ccc3Cl)C2c2ccccc2)cc1. The Morgan fingerprint density at radius 2 is 1.70 bits per heavy atom. The first-order chi connectivity index (χ1) is 17.9. The molecule has 1 saturated heterocycles. The van der Waals surface area contributed by atoms with Gasteiger partial charge in [0.2, 0.25) is 0 Å². The van der Waals surface area contributed by atoms with E-state index in [1.54, 1.807) is 48.5 Å². The monoisotopic (exact) mass is 519 g/mol. The molecule has 0 aliphatic carbocycles. The maximum atomic E-state index is 13.3. The Morgan fingerprint density at radius 3 is 2.35 bits per heavy atom. The molecule has 1 amide bonds. The fourth-order valence-electron chi connectivity index (χ4n) is 4.17. The second kappa shape index (κ2) is 11.3. The number of carbonyl (C=O) groups is 3.